The number of fused-ring (bicyclic) bond motifs is 1. The summed E-state index contributed by atoms with van der Waals surface area (Å²) in [5, 5.41) is 11.0. The molecule has 152 valence electrons. The predicted octanol–water partition coefficient (Wildman–Crippen LogP) is 3.60. The standard InChI is InChI=1S/C22H24N2O4S/c1-3-17(25)13-6-7-18(28-11-12-4-5-12)14(8-13)16-10-24(2)22(27)20-15(16)9-19(29-20)21(23)26/h6-10,12,17,25H,3-5,11H2,1-2H3,(H2,23,26). The fraction of sp³-hybridized carbons (Fsp3) is 0.364. The Bertz CT molecular complexity index is 1140. The Morgan fingerprint density at radius 2 is 2.10 bits per heavy atom. The van der Waals surface area contributed by atoms with Gasteiger partial charge in [-0.3, -0.25) is 9.59 Å². The number of primary amides is 1. The lowest BCUT2D eigenvalue weighted by atomic mass is 9.97. The van der Waals surface area contributed by atoms with Gasteiger partial charge in [0.05, 0.1) is 17.6 Å². The zero-order valence-electron chi connectivity index (χ0n) is 16.5. The molecule has 0 spiro atoms. The Labute approximate surface area is 172 Å². The molecule has 2 aromatic heterocycles. The van der Waals surface area contributed by atoms with Crippen LogP contribution in [0.4, 0.5) is 0 Å². The monoisotopic (exact) mass is 412 g/mol. The minimum atomic E-state index is -0.585. The Kier molecular flexibility index (Phi) is 5.19. The van der Waals surface area contributed by atoms with E-state index in [0.717, 1.165) is 28.0 Å². The van der Waals surface area contributed by atoms with Crippen LogP contribution in [0, 0.1) is 5.92 Å². The number of ether oxygens (including phenoxy) is 1. The molecule has 0 radical (unpaired) electrons. The largest absolute Gasteiger partial charge is 0.493 e. The Morgan fingerprint density at radius 1 is 1.34 bits per heavy atom. The molecule has 1 aromatic carbocycles. The van der Waals surface area contributed by atoms with Gasteiger partial charge < -0.3 is 20.1 Å². The van der Waals surface area contributed by atoms with Crippen molar-refractivity contribution < 1.29 is 14.6 Å². The molecule has 1 unspecified atom stereocenters. The second kappa shape index (κ2) is 7.65. The van der Waals surface area contributed by atoms with E-state index < -0.39 is 12.0 Å². The van der Waals surface area contributed by atoms with E-state index in [1.165, 1.54) is 17.4 Å². The lowest BCUT2D eigenvalue weighted by molar-refractivity contribution is 0.100. The number of pyridine rings is 1. The van der Waals surface area contributed by atoms with Gasteiger partial charge in [0.2, 0.25) is 0 Å². The van der Waals surface area contributed by atoms with E-state index in [1.54, 1.807) is 19.3 Å². The van der Waals surface area contributed by atoms with E-state index >= 15 is 0 Å². The number of hydrogen-bond acceptors (Lipinski definition) is 5. The van der Waals surface area contributed by atoms with Gasteiger partial charge in [-0.05, 0) is 48.9 Å². The molecule has 1 saturated carbocycles. The number of aliphatic hydroxyl groups excluding tert-OH is 1. The van der Waals surface area contributed by atoms with Gasteiger partial charge in [0.25, 0.3) is 11.5 Å². The minimum Gasteiger partial charge on any atom is -0.493 e. The molecule has 1 atom stereocenters. The second-order valence-electron chi connectivity index (χ2n) is 7.61. The molecule has 0 aliphatic heterocycles. The predicted molar refractivity (Wildman–Crippen MR) is 114 cm³/mol. The molecule has 0 saturated heterocycles. The number of aliphatic hydroxyl groups is 1. The first kappa shape index (κ1) is 19.7. The van der Waals surface area contributed by atoms with E-state index in [0.29, 0.717) is 39.7 Å². The van der Waals surface area contributed by atoms with Crippen molar-refractivity contribution in [2.75, 3.05) is 6.61 Å². The van der Waals surface area contributed by atoms with E-state index in [2.05, 4.69) is 0 Å². The molecule has 7 heteroatoms. The summed E-state index contributed by atoms with van der Waals surface area (Å²) in [7, 11) is 1.68. The van der Waals surface area contributed by atoms with Crippen molar-refractivity contribution in [3.05, 3.63) is 51.3 Å². The van der Waals surface area contributed by atoms with Crippen LogP contribution in [0.1, 0.15) is 47.5 Å². The highest BCUT2D eigenvalue weighted by Gasteiger charge is 2.24. The Morgan fingerprint density at radius 3 is 2.76 bits per heavy atom. The van der Waals surface area contributed by atoms with Crippen molar-refractivity contribution in [3.8, 4) is 16.9 Å². The summed E-state index contributed by atoms with van der Waals surface area (Å²) < 4.78 is 8.09. The SMILES string of the molecule is CCC(O)c1ccc(OCC2CC2)c(-c2cn(C)c(=O)c3sc(C(N)=O)cc23)c1. The lowest BCUT2D eigenvalue weighted by Crippen LogP contribution is -2.15. The van der Waals surface area contributed by atoms with Crippen molar-refractivity contribution in [2.45, 2.75) is 32.3 Å². The normalized spacial score (nSPS) is 14.9. The highest BCUT2D eigenvalue weighted by atomic mass is 32.1. The van der Waals surface area contributed by atoms with Crippen molar-refractivity contribution >= 4 is 27.3 Å². The molecule has 3 aromatic rings. The van der Waals surface area contributed by atoms with Crippen LogP contribution < -0.4 is 16.0 Å². The fourth-order valence-corrected chi connectivity index (χ4v) is 4.39. The summed E-state index contributed by atoms with van der Waals surface area (Å²) in [4.78, 5) is 24.7. The van der Waals surface area contributed by atoms with Crippen LogP contribution in [0.15, 0.2) is 35.3 Å². The summed E-state index contributed by atoms with van der Waals surface area (Å²) >= 11 is 1.11. The van der Waals surface area contributed by atoms with Gasteiger partial charge in [0, 0.05) is 29.8 Å². The first-order valence-corrected chi connectivity index (χ1v) is 10.6. The van der Waals surface area contributed by atoms with E-state index in [4.69, 9.17) is 10.5 Å². The third kappa shape index (κ3) is 3.80. The average molecular weight is 413 g/mol. The lowest BCUT2D eigenvalue weighted by Gasteiger charge is -2.17. The fourth-order valence-electron chi connectivity index (χ4n) is 3.39. The maximum absolute atomic E-state index is 12.6. The van der Waals surface area contributed by atoms with Gasteiger partial charge in [-0.15, -0.1) is 11.3 Å². The smallest absolute Gasteiger partial charge is 0.268 e. The maximum atomic E-state index is 12.6. The van der Waals surface area contributed by atoms with Crippen molar-refractivity contribution in [1.29, 1.82) is 0 Å². The number of aromatic nitrogens is 1. The van der Waals surface area contributed by atoms with Gasteiger partial charge in [0.1, 0.15) is 10.4 Å². The molecule has 29 heavy (non-hydrogen) atoms. The van der Waals surface area contributed by atoms with Crippen LogP contribution in [0.5, 0.6) is 5.75 Å². The number of nitrogens with zero attached hydrogens (tertiary/aromatic N) is 1. The average Bonchev–Trinajstić information content (AvgIpc) is 3.43. The molecule has 1 aliphatic rings. The first-order chi connectivity index (χ1) is 13.9. The number of hydrogen-bond donors (Lipinski definition) is 2. The van der Waals surface area contributed by atoms with Gasteiger partial charge in [-0.25, -0.2) is 0 Å². The number of carbonyl (C=O) groups is 1. The van der Waals surface area contributed by atoms with Gasteiger partial charge >= 0.3 is 0 Å². The van der Waals surface area contributed by atoms with Gasteiger partial charge in [0.15, 0.2) is 0 Å². The molecular formula is C22H24N2O4S. The molecular weight excluding hydrogens is 388 g/mol. The van der Waals surface area contributed by atoms with Crippen LogP contribution in [-0.4, -0.2) is 22.2 Å². The van der Waals surface area contributed by atoms with E-state index in [9.17, 15) is 14.7 Å². The maximum Gasteiger partial charge on any atom is 0.268 e. The Balaban J connectivity index is 1.93. The van der Waals surface area contributed by atoms with Crippen LogP contribution in [0.2, 0.25) is 0 Å². The number of carbonyl (C=O) groups excluding carboxylic acids is 1. The number of thiophene rings is 1. The second-order valence-corrected chi connectivity index (χ2v) is 8.66. The number of benzene rings is 1. The summed E-state index contributed by atoms with van der Waals surface area (Å²) in [6.45, 7) is 2.57. The van der Waals surface area contributed by atoms with Gasteiger partial charge in [-0.2, -0.15) is 0 Å². The minimum absolute atomic E-state index is 0.175. The van der Waals surface area contributed by atoms with Crippen molar-refractivity contribution in [3.63, 3.8) is 0 Å². The van der Waals surface area contributed by atoms with Crippen LogP contribution in [-0.2, 0) is 7.05 Å². The third-order valence-corrected chi connectivity index (χ3v) is 6.48. The molecule has 0 bridgehead atoms. The zero-order valence-corrected chi connectivity index (χ0v) is 17.3. The number of amides is 1. The molecule has 1 aliphatic carbocycles. The van der Waals surface area contributed by atoms with Crippen molar-refractivity contribution in [1.82, 2.24) is 4.57 Å². The summed E-state index contributed by atoms with van der Waals surface area (Å²) in [5.74, 6) is 0.738. The third-order valence-electron chi connectivity index (χ3n) is 5.34. The van der Waals surface area contributed by atoms with E-state index in [1.807, 2.05) is 25.1 Å². The summed E-state index contributed by atoms with van der Waals surface area (Å²) in [5.41, 5.74) is 7.65. The zero-order chi connectivity index (χ0) is 20.7. The topological polar surface area (TPSA) is 94.6 Å². The van der Waals surface area contributed by atoms with Gasteiger partial charge in [-0.1, -0.05) is 13.0 Å². The first-order valence-electron chi connectivity index (χ1n) is 9.77. The summed E-state index contributed by atoms with van der Waals surface area (Å²) in [6.07, 6.45) is 4.12. The number of rotatable bonds is 7. The Hall–Kier alpha value is -2.64. The molecule has 1 fully saturated rings. The van der Waals surface area contributed by atoms with E-state index in [-0.39, 0.29) is 5.56 Å². The van der Waals surface area contributed by atoms with Crippen LogP contribution in [0.3, 0.4) is 0 Å². The molecule has 1 amide bonds. The highest BCUT2D eigenvalue weighted by Crippen LogP contribution is 2.39. The quantitative estimate of drug-likeness (QED) is 0.620. The van der Waals surface area contributed by atoms with Crippen LogP contribution >= 0.6 is 11.3 Å². The highest BCUT2D eigenvalue weighted by molar-refractivity contribution is 7.20. The molecule has 4 rings (SSSR count). The van der Waals surface area contributed by atoms with Crippen LogP contribution in [0.25, 0.3) is 21.2 Å². The molecule has 2 heterocycles. The molecule has 6 nitrogen and oxygen atoms in total. The molecule has 3 N–H and O–H groups in total. The summed E-state index contributed by atoms with van der Waals surface area (Å²) in [6, 6.07) is 7.34. The van der Waals surface area contributed by atoms with Crippen molar-refractivity contribution in [2.24, 2.45) is 18.7 Å². The number of nitrogens with two attached hydrogens (primary N) is 1. The number of aryl methyl sites for hydroxylation is 1.